The molecule has 1 saturated carbocycles. The topological polar surface area (TPSA) is 105 Å². The summed E-state index contributed by atoms with van der Waals surface area (Å²) in [6.45, 7) is 0. The Morgan fingerprint density at radius 1 is 0.946 bits per heavy atom. The van der Waals surface area contributed by atoms with Crippen molar-refractivity contribution in [2.45, 2.75) is 56.7 Å². The quantitative estimate of drug-likeness (QED) is 0.489. The third kappa shape index (κ3) is 5.57. The van der Waals surface area contributed by atoms with Gasteiger partial charge in [-0.2, -0.15) is 0 Å². The van der Waals surface area contributed by atoms with Crippen LogP contribution in [0.15, 0.2) is 78.9 Å². The molecule has 37 heavy (non-hydrogen) atoms. The van der Waals surface area contributed by atoms with Crippen molar-refractivity contribution in [2.24, 2.45) is 5.73 Å². The van der Waals surface area contributed by atoms with Gasteiger partial charge in [0.1, 0.15) is 0 Å². The molecular formula is C30H32N4O3. The molecular weight excluding hydrogens is 464 g/mol. The maximum Gasteiger partial charge on any atom is 0.251 e. The average Bonchev–Trinajstić information content (AvgIpc) is 3.06. The van der Waals surface area contributed by atoms with E-state index in [0.29, 0.717) is 16.9 Å². The second kappa shape index (κ2) is 11.0. The fourth-order valence-corrected chi connectivity index (χ4v) is 5.32. The molecule has 1 aliphatic heterocycles. The van der Waals surface area contributed by atoms with Crippen LogP contribution >= 0.6 is 0 Å². The van der Waals surface area contributed by atoms with Gasteiger partial charge in [0.15, 0.2) is 0 Å². The number of anilines is 2. The number of carbonyl (C=O) groups is 3. The van der Waals surface area contributed by atoms with E-state index in [4.69, 9.17) is 5.73 Å². The number of rotatable bonds is 5. The van der Waals surface area contributed by atoms with E-state index in [1.54, 1.807) is 23.1 Å². The van der Waals surface area contributed by atoms with Crippen LogP contribution in [0.5, 0.6) is 0 Å². The predicted octanol–water partition coefficient (Wildman–Crippen LogP) is 4.35. The number of carbonyl (C=O) groups excluding carboxylic acids is 3. The number of nitrogens with one attached hydrogen (secondary N) is 2. The Morgan fingerprint density at radius 2 is 1.65 bits per heavy atom. The molecule has 4 N–H and O–H groups in total. The Bertz CT molecular complexity index is 1280. The van der Waals surface area contributed by atoms with Gasteiger partial charge in [-0.3, -0.25) is 14.4 Å². The Kier molecular flexibility index (Phi) is 7.32. The Balaban J connectivity index is 1.50. The number of nitrogens with zero attached hydrogens (tertiary/aromatic N) is 1. The highest BCUT2D eigenvalue weighted by Gasteiger charge is 2.34. The third-order valence-electron chi connectivity index (χ3n) is 7.27. The van der Waals surface area contributed by atoms with Gasteiger partial charge < -0.3 is 21.3 Å². The van der Waals surface area contributed by atoms with E-state index in [1.165, 1.54) is 0 Å². The van der Waals surface area contributed by atoms with E-state index >= 15 is 0 Å². The normalized spacial score (nSPS) is 21.4. The molecule has 190 valence electrons. The van der Waals surface area contributed by atoms with Crippen LogP contribution in [0.2, 0.25) is 0 Å². The molecule has 0 radical (unpaired) electrons. The summed E-state index contributed by atoms with van der Waals surface area (Å²) in [5.74, 6) is -0.564. The molecule has 7 nitrogen and oxygen atoms in total. The summed E-state index contributed by atoms with van der Waals surface area (Å²) in [5.41, 5.74) is 9.44. The highest BCUT2D eigenvalue weighted by atomic mass is 16.2. The van der Waals surface area contributed by atoms with Gasteiger partial charge >= 0.3 is 0 Å². The van der Waals surface area contributed by atoms with Crippen LogP contribution in [0, 0.1) is 0 Å². The molecule has 0 spiro atoms. The van der Waals surface area contributed by atoms with Crippen molar-refractivity contribution in [2.75, 3.05) is 10.2 Å². The summed E-state index contributed by atoms with van der Waals surface area (Å²) in [4.78, 5) is 41.6. The van der Waals surface area contributed by atoms with Crippen LogP contribution in [0.4, 0.5) is 11.4 Å². The van der Waals surface area contributed by atoms with Crippen LogP contribution in [0.1, 0.15) is 59.6 Å². The Labute approximate surface area is 217 Å². The molecule has 3 amide bonds. The minimum absolute atomic E-state index is 0.0593. The molecule has 0 saturated heterocycles. The highest BCUT2D eigenvalue weighted by Crippen LogP contribution is 2.39. The van der Waals surface area contributed by atoms with Crippen LogP contribution in [0.3, 0.4) is 0 Å². The number of nitrogens with two attached hydrogens (primary N) is 1. The first-order valence-electron chi connectivity index (χ1n) is 12.9. The van der Waals surface area contributed by atoms with Gasteiger partial charge in [-0.1, -0.05) is 73.5 Å². The van der Waals surface area contributed by atoms with Gasteiger partial charge in [-0.05, 0) is 42.2 Å². The zero-order valence-electron chi connectivity index (χ0n) is 20.7. The number of benzene rings is 3. The predicted molar refractivity (Wildman–Crippen MR) is 144 cm³/mol. The zero-order chi connectivity index (χ0) is 25.8. The van der Waals surface area contributed by atoms with Crippen LogP contribution in [0.25, 0.3) is 0 Å². The summed E-state index contributed by atoms with van der Waals surface area (Å²) >= 11 is 0. The van der Waals surface area contributed by atoms with Crippen molar-refractivity contribution >= 4 is 29.1 Å². The molecule has 0 bridgehead atoms. The SMILES string of the molecule is NC1CCCCC1NC(=O)c1ccc2c(c1)NC(=O)CC(c1ccccc1)N2C(=O)Cc1ccccc1. The van der Waals surface area contributed by atoms with Gasteiger partial charge in [0.2, 0.25) is 11.8 Å². The third-order valence-corrected chi connectivity index (χ3v) is 7.27. The lowest BCUT2D eigenvalue weighted by atomic mass is 9.91. The van der Waals surface area contributed by atoms with E-state index in [1.807, 2.05) is 60.7 Å². The van der Waals surface area contributed by atoms with E-state index in [2.05, 4.69) is 10.6 Å². The minimum atomic E-state index is -0.474. The van der Waals surface area contributed by atoms with Gasteiger partial charge in [0.25, 0.3) is 5.91 Å². The number of fused-ring (bicyclic) bond motifs is 1. The molecule has 2 aliphatic rings. The molecule has 5 rings (SSSR count). The maximum atomic E-state index is 13.8. The fraction of sp³-hybridized carbons (Fsp3) is 0.300. The first-order chi connectivity index (χ1) is 18.0. The summed E-state index contributed by atoms with van der Waals surface area (Å²) < 4.78 is 0. The van der Waals surface area contributed by atoms with E-state index in [-0.39, 0.29) is 42.6 Å². The van der Waals surface area contributed by atoms with Crippen molar-refractivity contribution < 1.29 is 14.4 Å². The molecule has 3 aromatic rings. The molecule has 3 atom stereocenters. The number of amides is 3. The summed E-state index contributed by atoms with van der Waals surface area (Å²) in [6.07, 6.45) is 4.17. The van der Waals surface area contributed by atoms with Gasteiger partial charge in [0.05, 0.1) is 30.3 Å². The zero-order valence-corrected chi connectivity index (χ0v) is 20.7. The highest BCUT2D eigenvalue weighted by molar-refractivity contribution is 6.07. The van der Waals surface area contributed by atoms with Crippen molar-refractivity contribution in [3.05, 3.63) is 95.6 Å². The lowest BCUT2D eigenvalue weighted by Gasteiger charge is -2.31. The second-order valence-electron chi connectivity index (χ2n) is 9.87. The first kappa shape index (κ1) is 24.7. The average molecular weight is 497 g/mol. The van der Waals surface area contributed by atoms with Crippen molar-refractivity contribution in [3.63, 3.8) is 0 Å². The molecule has 1 heterocycles. The standard InChI is InChI=1S/C30H32N4O3/c31-23-13-7-8-14-24(23)33-30(37)22-15-16-26-25(18-22)32-28(35)19-27(21-11-5-2-6-12-21)34(26)29(36)17-20-9-3-1-4-10-20/h1-6,9-12,15-16,18,23-24,27H,7-8,13-14,17,19,31H2,(H,32,35)(H,33,37). The van der Waals surface area contributed by atoms with Crippen molar-refractivity contribution in [1.82, 2.24) is 5.32 Å². The Morgan fingerprint density at radius 3 is 2.38 bits per heavy atom. The molecule has 0 aromatic heterocycles. The first-order valence-corrected chi connectivity index (χ1v) is 12.9. The molecule has 3 aromatic carbocycles. The van der Waals surface area contributed by atoms with Crippen LogP contribution < -0.4 is 21.3 Å². The summed E-state index contributed by atoms with van der Waals surface area (Å²) in [5, 5.41) is 6.00. The molecule has 1 fully saturated rings. The van der Waals surface area contributed by atoms with Crippen LogP contribution in [-0.2, 0) is 16.0 Å². The summed E-state index contributed by atoms with van der Waals surface area (Å²) in [7, 11) is 0. The summed E-state index contributed by atoms with van der Waals surface area (Å²) in [6, 6.07) is 23.7. The van der Waals surface area contributed by atoms with Crippen molar-refractivity contribution in [3.8, 4) is 0 Å². The lowest BCUT2D eigenvalue weighted by Crippen LogP contribution is -2.49. The van der Waals surface area contributed by atoms with E-state index in [9.17, 15) is 14.4 Å². The molecule has 7 heteroatoms. The minimum Gasteiger partial charge on any atom is -0.348 e. The van der Waals surface area contributed by atoms with E-state index in [0.717, 1.165) is 36.8 Å². The van der Waals surface area contributed by atoms with Crippen LogP contribution in [-0.4, -0.2) is 29.8 Å². The molecule has 1 aliphatic carbocycles. The van der Waals surface area contributed by atoms with Crippen molar-refractivity contribution in [1.29, 1.82) is 0 Å². The van der Waals surface area contributed by atoms with Gasteiger partial charge in [0, 0.05) is 17.6 Å². The monoisotopic (exact) mass is 496 g/mol. The van der Waals surface area contributed by atoms with Gasteiger partial charge in [-0.15, -0.1) is 0 Å². The van der Waals surface area contributed by atoms with Gasteiger partial charge in [-0.25, -0.2) is 0 Å². The van der Waals surface area contributed by atoms with E-state index < -0.39 is 6.04 Å². The number of hydrogen-bond donors (Lipinski definition) is 3. The fourth-order valence-electron chi connectivity index (χ4n) is 5.32. The largest absolute Gasteiger partial charge is 0.348 e. The Hall–Kier alpha value is -3.97. The second-order valence-corrected chi connectivity index (χ2v) is 9.87. The number of hydrogen-bond acceptors (Lipinski definition) is 4. The molecule has 3 unspecified atom stereocenters. The maximum absolute atomic E-state index is 13.8. The smallest absolute Gasteiger partial charge is 0.251 e. The lowest BCUT2D eigenvalue weighted by molar-refractivity contribution is -0.119.